The Morgan fingerprint density at radius 3 is 2.52 bits per heavy atom. The van der Waals surface area contributed by atoms with Crippen LogP contribution in [0.25, 0.3) is 0 Å². The van der Waals surface area contributed by atoms with E-state index in [1.165, 1.54) is 12.0 Å². The number of fused-ring (bicyclic) bond motifs is 4. The predicted octanol–water partition coefficient (Wildman–Crippen LogP) is 1.95. The number of benzene rings is 1. The Bertz CT molecular complexity index is 585. The molecule has 25 heavy (non-hydrogen) atoms. The molecule has 0 unspecified atom stereocenters. The fraction of sp³-hybridized carbons (Fsp3) is 0.650. The van der Waals surface area contributed by atoms with E-state index in [9.17, 15) is 4.79 Å². The van der Waals surface area contributed by atoms with E-state index >= 15 is 0 Å². The zero-order valence-electron chi connectivity index (χ0n) is 15.3. The number of nitrogens with zero attached hydrogens (tertiary/aromatic N) is 4. The lowest BCUT2D eigenvalue weighted by Crippen LogP contribution is -2.56. The number of hydrogen-bond donors (Lipinski definition) is 0. The summed E-state index contributed by atoms with van der Waals surface area (Å²) >= 11 is 0. The Kier molecular flexibility index (Phi) is 4.95. The highest BCUT2D eigenvalue weighted by atomic mass is 16.2. The van der Waals surface area contributed by atoms with Crippen molar-refractivity contribution in [2.45, 2.75) is 25.4 Å². The number of piperazine rings is 1. The van der Waals surface area contributed by atoms with Crippen LogP contribution in [0.5, 0.6) is 0 Å². The highest BCUT2D eigenvalue weighted by molar-refractivity contribution is 5.75. The van der Waals surface area contributed by atoms with Crippen molar-refractivity contribution in [2.24, 2.45) is 5.92 Å². The van der Waals surface area contributed by atoms with Gasteiger partial charge in [-0.15, -0.1) is 0 Å². The quantitative estimate of drug-likeness (QED) is 0.823. The number of likely N-dealkylation sites (N-methyl/N-ethyl adjacent to an activating group) is 1. The highest BCUT2D eigenvalue weighted by Gasteiger charge is 2.38. The Morgan fingerprint density at radius 1 is 1.00 bits per heavy atom. The fourth-order valence-corrected chi connectivity index (χ4v) is 4.56. The van der Waals surface area contributed by atoms with Crippen molar-refractivity contribution in [3.05, 3.63) is 35.9 Å². The van der Waals surface area contributed by atoms with Crippen LogP contribution in [0.3, 0.4) is 0 Å². The lowest BCUT2D eigenvalue weighted by molar-refractivity contribution is 0.0895. The molecule has 2 bridgehead atoms. The number of amides is 2. The fourth-order valence-electron chi connectivity index (χ4n) is 4.56. The van der Waals surface area contributed by atoms with Crippen LogP contribution in [0.15, 0.2) is 30.3 Å². The smallest absolute Gasteiger partial charge is 0.320 e. The highest BCUT2D eigenvalue weighted by Crippen LogP contribution is 2.29. The first-order chi connectivity index (χ1) is 12.2. The van der Waals surface area contributed by atoms with Crippen molar-refractivity contribution in [3.8, 4) is 0 Å². The minimum absolute atomic E-state index is 0.282. The van der Waals surface area contributed by atoms with Crippen molar-refractivity contribution in [1.82, 2.24) is 19.6 Å². The van der Waals surface area contributed by atoms with Crippen LogP contribution in [-0.2, 0) is 6.54 Å². The average molecular weight is 342 g/mol. The largest absolute Gasteiger partial charge is 0.322 e. The first kappa shape index (κ1) is 16.9. The summed E-state index contributed by atoms with van der Waals surface area (Å²) < 4.78 is 0. The molecular formula is C20H30N4O. The van der Waals surface area contributed by atoms with Crippen LogP contribution >= 0.6 is 0 Å². The second-order valence-electron chi connectivity index (χ2n) is 8.00. The summed E-state index contributed by atoms with van der Waals surface area (Å²) in [6.45, 7) is 7.82. The maximum atomic E-state index is 13.1. The SMILES string of the molecule is CN1CCN(C(=O)N2C[C@@H]3CC[C@H]2CN(Cc2ccccc2)C3)CC1. The molecule has 1 aromatic rings. The minimum atomic E-state index is 0.282. The summed E-state index contributed by atoms with van der Waals surface area (Å²) in [4.78, 5) is 22.2. The van der Waals surface area contributed by atoms with Gasteiger partial charge in [-0.25, -0.2) is 4.79 Å². The summed E-state index contributed by atoms with van der Waals surface area (Å²) in [6, 6.07) is 11.4. The number of urea groups is 1. The Balaban J connectivity index is 1.41. The molecule has 2 amide bonds. The third-order valence-electron chi connectivity index (χ3n) is 6.06. The molecule has 4 heterocycles. The molecule has 0 aromatic heterocycles. The maximum Gasteiger partial charge on any atom is 0.320 e. The molecule has 0 spiro atoms. The van der Waals surface area contributed by atoms with Crippen LogP contribution in [0.4, 0.5) is 4.79 Å². The summed E-state index contributed by atoms with van der Waals surface area (Å²) in [6.07, 6.45) is 2.43. The Labute approximate surface area is 151 Å². The van der Waals surface area contributed by atoms with E-state index in [-0.39, 0.29) is 6.03 Å². The van der Waals surface area contributed by atoms with Crippen LogP contribution in [0.2, 0.25) is 0 Å². The summed E-state index contributed by atoms with van der Waals surface area (Å²) in [5, 5.41) is 0. The zero-order chi connectivity index (χ0) is 17.2. The molecule has 4 fully saturated rings. The van der Waals surface area contributed by atoms with Crippen molar-refractivity contribution in [2.75, 3.05) is 52.9 Å². The second kappa shape index (κ2) is 7.34. The van der Waals surface area contributed by atoms with Gasteiger partial charge in [-0.2, -0.15) is 0 Å². The molecular weight excluding hydrogens is 312 g/mol. The Morgan fingerprint density at radius 2 is 1.76 bits per heavy atom. The minimum Gasteiger partial charge on any atom is -0.322 e. The molecule has 2 atom stereocenters. The van der Waals surface area contributed by atoms with Gasteiger partial charge in [0.15, 0.2) is 0 Å². The third-order valence-corrected chi connectivity index (χ3v) is 6.06. The molecule has 4 aliphatic rings. The van der Waals surface area contributed by atoms with E-state index < -0.39 is 0 Å². The average Bonchev–Trinajstić information content (AvgIpc) is 2.93. The van der Waals surface area contributed by atoms with E-state index in [0.717, 1.165) is 58.8 Å². The van der Waals surface area contributed by atoms with Gasteiger partial charge in [0.1, 0.15) is 0 Å². The molecule has 5 heteroatoms. The van der Waals surface area contributed by atoms with Crippen molar-refractivity contribution in [1.29, 1.82) is 0 Å². The van der Waals surface area contributed by atoms with E-state index in [1.54, 1.807) is 0 Å². The van der Waals surface area contributed by atoms with E-state index in [1.807, 2.05) is 0 Å². The number of hydrogen-bond acceptors (Lipinski definition) is 3. The van der Waals surface area contributed by atoms with Gasteiger partial charge in [0.2, 0.25) is 0 Å². The number of piperidine rings is 1. The van der Waals surface area contributed by atoms with Crippen LogP contribution in [-0.4, -0.2) is 84.5 Å². The molecule has 4 aliphatic heterocycles. The molecule has 136 valence electrons. The normalized spacial score (nSPS) is 28.2. The van der Waals surface area contributed by atoms with E-state index in [0.29, 0.717) is 12.0 Å². The van der Waals surface area contributed by atoms with Crippen molar-refractivity contribution < 1.29 is 4.79 Å². The van der Waals surface area contributed by atoms with E-state index in [2.05, 4.69) is 57.0 Å². The summed E-state index contributed by atoms with van der Waals surface area (Å²) in [5.74, 6) is 0.624. The second-order valence-corrected chi connectivity index (χ2v) is 8.00. The van der Waals surface area contributed by atoms with Crippen LogP contribution < -0.4 is 0 Å². The zero-order valence-corrected chi connectivity index (χ0v) is 15.3. The summed E-state index contributed by atoms with van der Waals surface area (Å²) in [5.41, 5.74) is 1.38. The van der Waals surface area contributed by atoms with Gasteiger partial charge >= 0.3 is 6.03 Å². The molecule has 4 saturated heterocycles. The van der Waals surface area contributed by atoms with Crippen LogP contribution in [0, 0.1) is 5.92 Å². The van der Waals surface area contributed by atoms with Crippen molar-refractivity contribution >= 4 is 6.03 Å². The molecule has 0 aliphatic carbocycles. The van der Waals surface area contributed by atoms with Gasteiger partial charge in [-0.3, -0.25) is 4.90 Å². The number of rotatable bonds is 2. The molecule has 1 aromatic carbocycles. The third kappa shape index (κ3) is 3.82. The lowest BCUT2D eigenvalue weighted by Gasteiger charge is -2.41. The molecule has 0 N–H and O–H groups in total. The van der Waals surface area contributed by atoms with Gasteiger partial charge in [0, 0.05) is 58.4 Å². The van der Waals surface area contributed by atoms with Gasteiger partial charge in [0.05, 0.1) is 0 Å². The Hall–Kier alpha value is -1.59. The maximum absolute atomic E-state index is 13.1. The number of carbonyl (C=O) groups is 1. The molecule has 5 rings (SSSR count). The van der Waals surface area contributed by atoms with Gasteiger partial charge in [-0.05, 0) is 31.4 Å². The molecule has 0 saturated carbocycles. The first-order valence-corrected chi connectivity index (χ1v) is 9.69. The number of carbonyl (C=O) groups excluding carboxylic acids is 1. The van der Waals surface area contributed by atoms with Crippen LogP contribution in [0.1, 0.15) is 18.4 Å². The van der Waals surface area contributed by atoms with Gasteiger partial charge in [-0.1, -0.05) is 30.3 Å². The topological polar surface area (TPSA) is 30.0 Å². The molecule has 0 radical (unpaired) electrons. The van der Waals surface area contributed by atoms with E-state index in [4.69, 9.17) is 0 Å². The van der Waals surface area contributed by atoms with Gasteiger partial charge in [0.25, 0.3) is 0 Å². The van der Waals surface area contributed by atoms with Gasteiger partial charge < -0.3 is 14.7 Å². The van der Waals surface area contributed by atoms with Crippen molar-refractivity contribution in [3.63, 3.8) is 0 Å². The lowest BCUT2D eigenvalue weighted by atomic mass is 9.95. The monoisotopic (exact) mass is 342 g/mol. The standard InChI is InChI=1S/C20H30N4O/c1-21-9-11-23(12-10-21)20(25)24-15-18-7-8-19(24)16-22(14-18)13-17-5-3-2-4-6-17/h2-6,18-19H,7-16H2,1H3/t18-,19+/m1/s1. The predicted molar refractivity (Wildman–Crippen MR) is 99.4 cm³/mol. The summed E-state index contributed by atoms with van der Waals surface area (Å²) in [7, 11) is 2.14. The first-order valence-electron chi connectivity index (χ1n) is 9.69. The molecule has 5 nitrogen and oxygen atoms in total.